The molecule has 2 nitrogen and oxygen atoms in total. The van der Waals surface area contributed by atoms with E-state index in [0.29, 0.717) is 11.8 Å². The standard InChI is InChI=1S/C20H30O2/c1-12(2)13-6-7-15-14(10-13)16(21)11-17-19(3,4)18(22)8-9-20(15,17)5/h6-7,10,12,16-18,21-22H,8-9,11H2,1-5H3/t16-,17-,18-,20+/m1/s1. The van der Waals surface area contributed by atoms with Crippen LogP contribution in [0.2, 0.25) is 0 Å². The molecule has 2 aliphatic carbocycles. The lowest BCUT2D eigenvalue weighted by molar-refractivity contribution is -0.0900. The molecule has 0 bridgehead atoms. The van der Waals surface area contributed by atoms with Gasteiger partial charge in [-0.25, -0.2) is 0 Å². The van der Waals surface area contributed by atoms with E-state index in [4.69, 9.17) is 0 Å². The first kappa shape index (κ1) is 16.0. The lowest BCUT2D eigenvalue weighted by atomic mass is 9.49. The van der Waals surface area contributed by atoms with Crippen molar-refractivity contribution >= 4 is 0 Å². The van der Waals surface area contributed by atoms with Gasteiger partial charge >= 0.3 is 0 Å². The molecule has 0 spiro atoms. The summed E-state index contributed by atoms with van der Waals surface area (Å²) in [7, 11) is 0. The Labute approximate surface area is 134 Å². The van der Waals surface area contributed by atoms with Crippen molar-refractivity contribution in [1.82, 2.24) is 0 Å². The van der Waals surface area contributed by atoms with Crippen molar-refractivity contribution in [2.45, 2.75) is 77.4 Å². The Morgan fingerprint density at radius 2 is 1.82 bits per heavy atom. The third kappa shape index (κ3) is 2.15. The van der Waals surface area contributed by atoms with Gasteiger partial charge in [-0.2, -0.15) is 0 Å². The molecule has 1 aromatic rings. The number of fused-ring (bicyclic) bond motifs is 3. The average Bonchev–Trinajstić information content (AvgIpc) is 2.46. The third-order valence-corrected chi connectivity index (χ3v) is 6.64. The summed E-state index contributed by atoms with van der Waals surface area (Å²) in [5.74, 6) is 0.795. The smallest absolute Gasteiger partial charge is 0.0796 e. The summed E-state index contributed by atoms with van der Waals surface area (Å²) < 4.78 is 0. The fourth-order valence-corrected chi connectivity index (χ4v) is 5.01. The summed E-state index contributed by atoms with van der Waals surface area (Å²) in [6.07, 6.45) is 1.94. The molecule has 0 saturated heterocycles. The second-order valence-corrected chi connectivity index (χ2v) is 8.60. The molecule has 1 aromatic carbocycles. The highest BCUT2D eigenvalue weighted by Gasteiger charge is 2.54. The molecule has 0 amide bonds. The highest BCUT2D eigenvalue weighted by Crippen LogP contribution is 2.59. The van der Waals surface area contributed by atoms with Gasteiger partial charge in [0.1, 0.15) is 0 Å². The minimum atomic E-state index is -0.406. The van der Waals surface area contributed by atoms with Crippen LogP contribution >= 0.6 is 0 Å². The van der Waals surface area contributed by atoms with Crippen LogP contribution in [0, 0.1) is 11.3 Å². The average molecular weight is 302 g/mol. The summed E-state index contributed by atoms with van der Waals surface area (Å²) in [5, 5.41) is 21.2. The molecular formula is C20H30O2. The normalized spacial score (nSPS) is 36.8. The van der Waals surface area contributed by atoms with E-state index in [9.17, 15) is 10.2 Å². The van der Waals surface area contributed by atoms with E-state index in [1.54, 1.807) is 0 Å². The topological polar surface area (TPSA) is 40.5 Å². The van der Waals surface area contributed by atoms with Crippen molar-refractivity contribution in [3.63, 3.8) is 0 Å². The van der Waals surface area contributed by atoms with Gasteiger partial charge in [-0.1, -0.05) is 52.8 Å². The van der Waals surface area contributed by atoms with Crippen LogP contribution in [0.3, 0.4) is 0 Å². The Bertz CT molecular complexity index is 575. The SMILES string of the molecule is CC(C)c1ccc2c(c1)[C@H](O)C[C@@H]1C(C)(C)[C@H](O)CC[C@@]21C. The Kier molecular flexibility index (Phi) is 3.69. The molecule has 1 saturated carbocycles. The molecule has 22 heavy (non-hydrogen) atoms. The Morgan fingerprint density at radius 1 is 1.14 bits per heavy atom. The molecule has 0 radical (unpaired) electrons. The first-order chi connectivity index (χ1) is 10.2. The van der Waals surface area contributed by atoms with Crippen molar-refractivity contribution in [3.05, 3.63) is 34.9 Å². The predicted octanol–water partition coefficient (Wildman–Crippen LogP) is 4.30. The van der Waals surface area contributed by atoms with Gasteiger partial charge in [0.2, 0.25) is 0 Å². The zero-order chi connectivity index (χ0) is 16.3. The molecule has 2 heteroatoms. The number of aliphatic hydroxyl groups excluding tert-OH is 2. The van der Waals surface area contributed by atoms with Crippen LogP contribution in [-0.2, 0) is 5.41 Å². The lowest BCUT2D eigenvalue weighted by Gasteiger charge is -2.57. The molecule has 1 fully saturated rings. The molecule has 122 valence electrons. The van der Waals surface area contributed by atoms with Crippen LogP contribution in [0.25, 0.3) is 0 Å². The van der Waals surface area contributed by atoms with E-state index in [0.717, 1.165) is 24.8 Å². The fraction of sp³-hybridized carbons (Fsp3) is 0.700. The number of benzene rings is 1. The molecule has 2 N–H and O–H groups in total. The highest BCUT2D eigenvalue weighted by atomic mass is 16.3. The van der Waals surface area contributed by atoms with Crippen LogP contribution in [0.4, 0.5) is 0 Å². The summed E-state index contributed by atoms with van der Waals surface area (Å²) in [4.78, 5) is 0. The Morgan fingerprint density at radius 3 is 2.45 bits per heavy atom. The van der Waals surface area contributed by atoms with E-state index in [1.165, 1.54) is 11.1 Å². The molecule has 3 rings (SSSR count). The van der Waals surface area contributed by atoms with Gasteiger partial charge in [0.15, 0.2) is 0 Å². The van der Waals surface area contributed by atoms with Crippen LogP contribution in [0.5, 0.6) is 0 Å². The minimum Gasteiger partial charge on any atom is -0.393 e. The maximum Gasteiger partial charge on any atom is 0.0796 e. The van der Waals surface area contributed by atoms with Gasteiger partial charge in [0, 0.05) is 0 Å². The van der Waals surface area contributed by atoms with E-state index in [2.05, 4.69) is 52.8 Å². The van der Waals surface area contributed by atoms with Crippen molar-refractivity contribution in [1.29, 1.82) is 0 Å². The third-order valence-electron chi connectivity index (χ3n) is 6.64. The van der Waals surface area contributed by atoms with Crippen molar-refractivity contribution in [3.8, 4) is 0 Å². The van der Waals surface area contributed by atoms with Gasteiger partial charge in [-0.05, 0) is 58.6 Å². The second-order valence-electron chi connectivity index (χ2n) is 8.60. The largest absolute Gasteiger partial charge is 0.393 e. The summed E-state index contributed by atoms with van der Waals surface area (Å²) in [5.41, 5.74) is 3.64. The second kappa shape index (κ2) is 5.07. The van der Waals surface area contributed by atoms with Gasteiger partial charge in [-0.15, -0.1) is 0 Å². The van der Waals surface area contributed by atoms with Crippen LogP contribution < -0.4 is 0 Å². The fourth-order valence-electron chi connectivity index (χ4n) is 5.01. The van der Waals surface area contributed by atoms with Crippen molar-refractivity contribution < 1.29 is 10.2 Å². The van der Waals surface area contributed by atoms with Crippen LogP contribution in [-0.4, -0.2) is 16.3 Å². The first-order valence-corrected chi connectivity index (χ1v) is 8.68. The molecule has 0 unspecified atom stereocenters. The monoisotopic (exact) mass is 302 g/mol. The van der Waals surface area contributed by atoms with Crippen LogP contribution in [0.15, 0.2) is 18.2 Å². The zero-order valence-electron chi connectivity index (χ0n) is 14.6. The van der Waals surface area contributed by atoms with Crippen LogP contribution in [0.1, 0.15) is 82.6 Å². The molecule has 0 heterocycles. The number of aliphatic hydroxyl groups is 2. The highest BCUT2D eigenvalue weighted by molar-refractivity contribution is 5.43. The zero-order valence-corrected chi connectivity index (χ0v) is 14.6. The first-order valence-electron chi connectivity index (χ1n) is 8.68. The minimum absolute atomic E-state index is 0.0623. The van der Waals surface area contributed by atoms with Gasteiger partial charge < -0.3 is 10.2 Å². The summed E-state index contributed by atoms with van der Waals surface area (Å²) >= 11 is 0. The molecule has 0 aromatic heterocycles. The number of hydrogen-bond donors (Lipinski definition) is 2. The molecule has 4 atom stereocenters. The van der Waals surface area contributed by atoms with E-state index in [-0.39, 0.29) is 16.9 Å². The van der Waals surface area contributed by atoms with Gasteiger partial charge in [0.25, 0.3) is 0 Å². The van der Waals surface area contributed by atoms with Gasteiger partial charge in [-0.3, -0.25) is 0 Å². The van der Waals surface area contributed by atoms with E-state index < -0.39 is 6.10 Å². The predicted molar refractivity (Wildman–Crippen MR) is 90.0 cm³/mol. The molecular weight excluding hydrogens is 272 g/mol. The maximum absolute atomic E-state index is 10.8. The van der Waals surface area contributed by atoms with E-state index >= 15 is 0 Å². The van der Waals surface area contributed by atoms with Crippen molar-refractivity contribution in [2.24, 2.45) is 11.3 Å². The van der Waals surface area contributed by atoms with Gasteiger partial charge in [0.05, 0.1) is 12.2 Å². The number of hydrogen-bond acceptors (Lipinski definition) is 2. The molecule has 2 aliphatic rings. The van der Waals surface area contributed by atoms with E-state index in [1.807, 2.05) is 0 Å². The Balaban J connectivity index is 2.12. The molecule has 0 aliphatic heterocycles. The van der Waals surface area contributed by atoms with Crippen molar-refractivity contribution in [2.75, 3.05) is 0 Å². The quantitative estimate of drug-likeness (QED) is 0.812. The number of rotatable bonds is 1. The summed E-state index contributed by atoms with van der Waals surface area (Å²) in [6, 6.07) is 6.68. The Hall–Kier alpha value is -0.860. The summed E-state index contributed by atoms with van der Waals surface area (Å²) in [6.45, 7) is 11.1. The maximum atomic E-state index is 10.8. The lowest BCUT2D eigenvalue weighted by Crippen LogP contribution is -2.54.